The van der Waals surface area contributed by atoms with Crippen molar-refractivity contribution in [1.29, 1.82) is 0 Å². The van der Waals surface area contributed by atoms with Gasteiger partial charge in [-0.15, -0.1) is 0 Å². The molecule has 1 fully saturated rings. The molecule has 0 aromatic heterocycles. The van der Waals surface area contributed by atoms with Gasteiger partial charge in [0.25, 0.3) is 0 Å². The van der Waals surface area contributed by atoms with Crippen LogP contribution in [0.15, 0.2) is 0 Å². The third-order valence-corrected chi connectivity index (χ3v) is 2.06. The van der Waals surface area contributed by atoms with E-state index in [1.165, 1.54) is 0 Å². The van der Waals surface area contributed by atoms with Crippen molar-refractivity contribution < 1.29 is 9.90 Å². The number of nitrogens with two attached hydrogens (primary N) is 1. The van der Waals surface area contributed by atoms with Crippen LogP contribution in [0.25, 0.3) is 0 Å². The molecule has 0 aromatic rings. The number of nitrogens with zero attached hydrogens (tertiary/aromatic N) is 1. The van der Waals surface area contributed by atoms with Crippen LogP contribution in [-0.2, 0) is 4.79 Å². The van der Waals surface area contributed by atoms with Crippen molar-refractivity contribution in [2.45, 2.75) is 25.1 Å². The van der Waals surface area contributed by atoms with Crippen LogP contribution in [-0.4, -0.2) is 41.7 Å². The van der Waals surface area contributed by atoms with E-state index in [0.717, 1.165) is 32.2 Å². The van der Waals surface area contributed by atoms with Crippen LogP contribution in [0.2, 0.25) is 0 Å². The predicted octanol–water partition coefficient (Wildman–Crippen LogP) is -1.07. The lowest BCUT2D eigenvalue weighted by Gasteiger charge is -2.31. The van der Waals surface area contributed by atoms with Crippen molar-refractivity contribution in [2.24, 2.45) is 5.73 Å². The molecule has 4 nitrogen and oxygen atoms in total. The molecule has 0 bridgehead atoms. The average Bonchev–Trinajstić information content (AvgIpc) is 2.05. The molecule has 0 radical (unpaired) electrons. The van der Waals surface area contributed by atoms with Crippen LogP contribution in [0, 0.1) is 0 Å². The third kappa shape index (κ3) is 2.25. The highest BCUT2D eigenvalue weighted by atomic mass is 16.3. The second-order valence-electron chi connectivity index (χ2n) is 2.89. The number of piperidine rings is 1. The monoisotopic (exact) mass is 158 g/mol. The number of aldehydes is 1. The first-order valence-corrected chi connectivity index (χ1v) is 3.87. The van der Waals surface area contributed by atoms with Gasteiger partial charge >= 0.3 is 0 Å². The molecule has 4 heteroatoms. The number of aliphatic hydroxyl groups excluding tert-OH is 1. The van der Waals surface area contributed by atoms with Crippen LogP contribution >= 0.6 is 0 Å². The normalized spacial score (nSPS) is 24.9. The average molecular weight is 158 g/mol. The van der Waals surface area contributed by atoms with Crippen molar-refractivity contribution in [1.82, 2.24) is 4.90 Å². The van der Waals surface area contributed by atoms with Gasteiger partial charge in [0.15, 0.2) is 6.29 Å². The number of hydrogen-bond acceptors (Lipinski definition) is 4. The van der Waals surface area contributed by atoms with Gasteiger partial charge < -0.3 is 15.6 Å². The molecule has 1 aliphatic rings. The second kappa shape index (κ2) is 3.80. The molecule has 0 spiro atoms. The number of likely N-dealkylation sites (tertiary alicyclic amines) is 1. The Morgan fingerprint density at radius 2 is 2.09 bits per heavy atom. The molecule has 1 saturated heterocycles. The summed E-state index contributed by atoms with van der Waals surface area (Å²) < 4.78 is 0. The molecule has 1 aliphatic heterocycles. The summed E-state index contributed by atoms with van der Waals surface area (Å²) in [4.78, 5) is 12.1. The van der Waals surface area contributed by atoms with E-state index in [-0.39, 0.29) is 6.10 Å². The zero-order chi connectivity index (χ0) is 8.27. The summed E-state index contributed by atoms with van der Waals surface area (Å²) in [5, 5.41) is 9.13. The summed E-state index contributed by atoms with van der Waals surface area (Å²) in [6, 6.07) is 0. The van der Waals surface area contributed by atoms with Crippen molar-refractivity contribution in [2.75, 3.05) is 13.1 Å². The number of hydrogen-bond donors (Lipinski definition) is 2. The molecular formula is C7H14N2O2. The zero-order valence-corrected chi connectivity index (χ0v) is 6.44. The van der Waals surface area contributed by atoms with Gasteiger partial charge in [-0.05, 0) is 12.8 Å². The molecule has 0 aromatic carbocycles. The summed E-state index contributed by atoms with van der Waals surface area (Å²) in [7, 11) is 0. The first-order valence-electron chi connectivity index (χ1n) is 3.87. The third-order valence-electron chi connectivity index (χ3n) is 2.06. The van der Waals surface area contributed by atoms with Crippen LogP contribution in [0.4, 0.5) is 0 Å². The van der Waals surface area contributed by atoms with Gasteiger partial charge in [-0.2, -0.15) is 0 Å². The molecule has 1 rings (SSSR count). The van der Waals surface area contributed by atoms with E-state index >= 15 is 0 Å². The summed E-state index contributed by atoms with van der Waals surface area (Å²) in [6.07, 6.45) is 1.49. The van der Waals surface area contributed by atoms with Gasteiger partial charge in [0.1, 0.15) is 6.17 Å². The van der Waals surface area contributed by atoms with Gasteiger partial charge in [-0.3, -0.25) is 4.90 Å². The van der Waals surface area contributed by atoms with E-state index in [1.54, 1.807) is 0 Å². The predicted molar refractivity (Wildman–Crippen MR) is 40.9 cm³/mol. The van der Waals surface area contributed by atoms with Crippen LogP contribution < -0.4 is 5.73 Å². The van der Waals surface area contributed by atoms with Crippen molar-refractivity contribution in [3.8, 4) is 0 Å². The Labute approximate surface area is 66.0 Å². The van der Waals surface area contributed by atoms with E-state index in [2.05, 4.69) is 0 Å². The second-order valence-corrected chi connectivity index (χ2v) is 2.89. The molecule has 1 heterocycles. The SMILES string of the molecule is N[C@H](C=O)N1CCC(O)CC1. The fourth-order valence-corrected chi connectivity index (χ4v) is 1.27. The molecule has 0 amide bonds. The van der Waals surface area contributed by atoms with Crippen molar-refractivity contribution >= 4 is 6.29 Å². The minimum Gasteiger partial charge on any atom is -0.393 e. The van der Waals surface area contributed by atoms with Gasteiger partial charge in [0.2, 0.25) is 0 Å². The van der Waals surface area contributed by atoms with E-state index in [9.17, 15) is 4.79 Å². The molecule has 0 saturated carbocycles. The lowest BCUT2D eigenvalue weighted by atomic mass is 10.1. The zero-order valence-electron chi connectivity index (χ0n) is 6.44. The van der Waals surface area contributed by atoms with E-state index in [1.807, 2.05) is 4.90 Å². The number of aliphatic hydroxyl groups is 1. The largest absolute Gasteiger partial charge is 0.393 e. The molecule has 11 heavy (non-hydrogen) atoms. The first kappa shape index (κ1) is 8.64. The van der Waals surface area contributed by atoms with E-state index in [0.29, 0.717) is 0 Å². The van der Waals surface area contributed by atoms with Gasteiger partial charge in [0.05, 0.1) is 6.10 Å². The van der Waals surface area contributed by atoms with Crippen LogP contribution in [0.1, 0.15) is 12.8 Å². The molecule has 3 N–H and O–H groups in total. The van der Waals surface area contributed by atoms with E-state index in [4.69, 9.17) is 10.8 Å². The van der Waals surface area contributed by atoms with Crippen molar-refractivity contribution in [3.63, 3.8) is 0 Å². The Kier molecular flexibility index (Phi) is 2.99. The molecular weight excluding hydrogens is 144 g/mol. The van der Waals surface area contributed by atoms with Gasteiger partial charge in [0, 0.05) is 13.1 Å². The Hall–Kier alpha value is -0.450. The summed E-state index contributed by atoms with van der Waals surface area (Å²) in [5.41, 5.74) is 5.47. The van der Waals surface area contributed by atoms with Gasteiger partial charge in [-0.1, -0.05) is 0 Å². The minimum atomic E-state index is -0.484. The number of carbonyl (C=O) groups is 1. The highest BCUT2D eigenvalue weighted by molar-refractivity contribution is 5.56. The van der Waals surface area contributed by atoms with E-state index < -0.39 is 6.17 Å². The molecule has 1 atom stereocenters. The summed E-state index contributed by atoms with van der Waals surface area (Å²) in [5.74, 6) is 0. The van der Waals surface area contributed by atoms with Crippen LogP contribution in [0.3, 0.4) is 0 Å². The Morgan fingerprint density at radius 1 is 1.55 bits per heavy atom. The molecule has 0 unspecified atom stereocenters. The smallest absolute Gasteiger partial charge is 0.151 e. The highest BCUT2D eigenvalue weighted by Gasteiger charge is 2.20. The summed E-state index contributed by atoms with van der Waals surface area (Å²) in [6.45, 7) is 1.45. The Morgan fingerprint density at radius 3 is 2.55 bits per heavy atom. The minimum absolute atomic E-state index is 0.204. The number of rotatable bonds is 2. The maximum atomic E-state index is 10.3. The van der Waals surface area contributed by atoms with Gasteiger partial charge in [-0.25, -0.2) is 0 Å². The lowest BCUT2D eigenvalue weighted by molar-refractivity contribution is -0.113. The first-order chi connectivity index (χ1) is 5.24. The topological polar surface area (TPSA) is 66.6 Å². The maximum absolute atomic E-state index is 10.3. The Balaban J connectivity index is 2.32. The lowest BCUT2D eigenvalue weighted by Crippen LogP contribution is -2.48. The molecule has 64 valence electrons. The Bertz CT molecular complexity index is 132. The number of carbonyl (C=O) groups excluding carboxylic acids is 1. The maximum Gasteiger partial charge on any atom is 0.151 e. The standard InChI is InChI=1S/C7H14N2O2/c8-7(5-10)9-3-1-6(11)2-4-9/h5-7,11H,1-4,8H2/t7-/m0/s1. The van der Waals surface area contributed by atoms with Crippen LogP contribution in [0.5, 0.6) is 0 Å². The fraction of sp³-hybridized carbons (Fsp3) is 0.857. The molecule has 0 aliphatic carbocycles. The fourth-order valence-electron chi connectivity index (χ4n) is 1.27. The highest BCUT2D eigenvalue weighted by Crippen LogP contribution is 2.09. The summed E-state index contributed by atoms with van der Waals surface area (Å²) >= 11 is 0. The quantitative estimate of drug-likeness (QED) is 0.502. The van der Waals surface area contributed by atoms with Crippen molar-refractivity contribution in [3.05, 3.63) is 0 Å².